The lowest BCUT2D eigenvalue weighted by Crippen LogP contribution is -2.17. The molecule has 3 rings (SSSR count). The van der Waals surface area contributed by atoms with E-state index in [1.807, 2.05) is 61.5 Å². The number of rotatable bonds is 4. The molecule has 25 heavy (non-hydrogen) atoms. The third-order valence-corrected chi connectivity index (χ3v) is 4.49. The van der Waals surface area contributed by atoms with Gasteiger partial charge in [0, 0.05) is 15.6 Å². The highest BCUT2D eigenvalue weighted by Crippen LogP contribution is 2.31. The molecule has 1 heterocycles. The van der Waals surface area contributed by atoms with Crippen molar-refractivity contribution in [3.63, 3.8) is 0 Å². The van der Waals surface area contributed by atoms with Crippen molar-refractivity contribution >= 4 is 27.7 Å². The van der Waals surface area contributed by atoms with Gasteiger partial charge in [-0.15, -0.1) is 0 Å². The third kappa shape index (κ3) is 3.91. The molecule has 1 amide bonds. The zero-order valence-corrected chi connectivity index (χ0v) is 15.4. The van der Waals surface area contributed by atoms with Gasteiger partial charge in [-0.1, -0.05) is 69.6 Å². The number of nitrogens with one attached hydrogen (secondary N) is 1. The Labute approximate surface area is 154 Å². The molecule has 0 unspecified atom stereocenters. The quantitative estimate of drug-likeness (QED) is 0.607. The number of ether oxygens (including phenoxy) is 1. The van der Waals surface area contributed by atoms with E-state index < -0.39 is 12.2 Å². The highest BCUT2D eigenvalue weighted by atomic mass is 79.9. The molecule has 3 aromatic rings. The first kappa shape index (κ1) is 17.2. The Hall–Kier alpha value is -2.60. The summed E-state index contributed by atoms with van der Waals surface area (Å²) in [5, 5.41) is 6.78. The minimum atomic E-state index is -0.563. The zero-order valence-electron chi connectivity index (χ0n) is 13.8. The van der Waals surface area contributed by atoms with E-state index in [-0.39, 0.29) is 0 Å². The largest absolute Gasteiger partial charge is 0.441 e. The monoisotopic (exact) mass is 400 g/mol. The van der Waals surface area contributed by atoms with E-state index in [4.69, 9.17) is 9.26 Å². The van der Waals surface area contributed by atoms with Crippen LogP contribution in [0.1, 0.15) is 24.4 Å². The predicted molar refractivity (Wildman–Crippen MR) is 99.3 cm³/mol. The van der Waals surface area contributed by atoms with Crippen LogP contribution in [0, 0.1) is 6.92 Å². The Morgan fingerprint density at radius 1 is 1.16 bits per heavy atom. The molecule has 0 radical (unpaired) electrons. The highest BCUT2D eigenvalue weighted by Gasteiger charge is 2.20. The zero-order chi connectivity index (χ0) is 17.8. The van der Waals surface area contributed by atoms with Gasteiger partial charge >= 0.3 is 6.09 Å². The van der Waals surface area contributed by atoms with Crippen LogP contribution < -0.4 is 5.32 Å². The second kappa shape index (κ2) is 7.53. The van der Waals surface area contributed by atoms with E-state index in [2.05, 4.69) is 26.4 Å². The fraction of sp³-hybridized carbons (Fsp3) is 0.158. The van der Waals surface area contributed by atoms with Crippen LogP contribution in [0.15, 0.2) is 63.6 Å². The van der Waals surface area contributed by atoms with Crippen molar-refractivity contribution in [3.8, 4) is 11.3 Å². The smallest absolute Gasteiger partial charge is 0.412 e. The van der Waals surface area contributed by atoms with Crippen molar-refractivity contribution in [2.75, 3.05) is 5.32 Å². The predicted octanol–water partition coefficient (Wildman–Crippen LogP) is 5.72. The van der Waals surface area contributed by atoms with Gasteiger partial charge in [0.25, 0.3) is 0 Å². The summed E-state index contributed by atoms with van der Waals surface area (Å²) in [4.78, 5) is 12.3. The molecule has 0 spiro atoms. The van der Waals surface area contributed by atoms with Gasteiger partial charge in [0.1, 0.15) is 17.5 Å². The van der Waals surface area contributed by atoms with E-state index in [0.717, 1.165) is 15.6 Å². The van der Waals surface area contributed by atoms with Crippen LogP contribution in [0.2, 0.25) is 0 Å². The molecule has 128 valence electrons. The molecular formula is C19H17BrN2O3. The first-order valence-electron chi connectivity index (χ1n) is 7.80. The molecule has 0 fully saturated rings. The second-order valence-corrected chi connectivity index (χ2v) is 6.38. The van der Waals surface area contributed by atoms with Gasteiger partial charge in [-0.3, -0.25) is 5.32 Å². The fourth-order valence-electron chi connectivity index (χ4n) is 2.47. The number of nitrogens with zero attached hydrogens (tertiary/aromatic N) is 1. The number of hydrogen-bond acceptors (Lipinski definition) is 4. The maximum Gasteiger partial charge on any atom is 0.412 e. The fourth-order valence-corrected chi connectivity index (χ4v) is 3.08. The SMILES string of the molecule is Cc1onc(-c2ccccc2)c1NC(=O)O[C@H](C)c1ccccc1Br. The lowest BCUT2D eigenvalue weighted by Gasteiger charge is -2.15. The van der Waals surface area contributed by atoms with E-state index in [9.17, 15) is 4.79 Å². The van der Waals surface area contributed by atoms with Gasteiger partial charge < -0.3 is 9.26 Å². The number of amides is 1. The lowest BCUT2D eigenvalue weighted by molar-refractivity contribution is 0.120. The van der Waals surface area contributed by atoms with Crippen LogP contribution in [0.25, 0.3) is 11.3 Å². The molecule has 0 saturated carbocycles. The summed E-state index contributed by atoms with van der Waals surface area (Å²) in [5.74, 6) is 0.518. The van der Waals surface area contributed by atoms with E-state index >= 15 is 0 Å². The number of halogens is 1. The van der Waals surface area contributed by atoms with E-state index in [1.54, 1.807) is 6.92 Å². The van der Waals surface area contributed by atoms with Crippen LogP contribution in [0.4, 0.5) is 10.5 Å². The van der Waals surface area contributed by atoms with Gasteiger partial charge in [-0.2, -0.15) is 0 Å². The van der Waals surface area contributed by atoms with Crippen molar-refractivity contribution in [3.05, 3.63) is 70.4 Å². The van der Waals surface area contributed by atoms with E-state index in [0.29, 0.717) is 17.1 Å². The average molecular weight is 401 g/mol. The first-order chi connectivity index (χ1) is 12.1. The van der Waals surface area contributed by atoms with Crippen LogP contribution in [0.3, 0.4) is 0 Å². The molecule has 1 aromatic heterocycles. The lowest BCUT2D eigenvalue weighted by atomic mass is 10.1. The highest BCUT2D eigenvalue weighted by molar-refractivity contribution is 9.10. The van der Waals surface area contributed by atoms with Gasteiger partial charge in [0.15, 0.2) is 5.76 Å². The average Bonchev–Trinajstić information content (AvgIpc) is 2.96. The topological polar surface area (TPSA) is 64.4 Å². The van der Waals surface area contributed by atoms with E-state index in [1.165, 1.54) is 0 Å². The number of hydrogen-bond donors (Lipinski definition) is 1. The van der Waals surface area contributed by atoms with Crippen LogP contribution >= 0.6 is 15.9 Å². The van der Waals surface area contributed by atoms with Crippen molar-refractivity contribution < 1.29 is 14.1 Å². The molecule has 2 aromatic carbocycles. The second-order valence-electron chi connectivity index (χ2n) is 5.52. The van der Waals surface area contributed by atoms with Gasteiger partial charge in [0.2, 0.25) is 0 Å². The van der Waals surface area contributed by atoms with Gasteiger partial charge in [0.05, 0.1) is 0 Å². The summed E-state index contributed by atoms with van der Waals surface area (Å²) >= 11 is 3.46. The molecule has 0 saturated heterocycles. The summed E-state index contributed by atoms with van der Waals surface area (Å²) in [7, 11) is 0. The molecule has 1 N–H and O–H groups in total. The van der Waals surface area contributed by atoms with Crippen LogP contribution in [-0.4, -0.2) is 11.2 Å². The molecule has 0 aliphatic heterocycles. The van der Waals surface area contributed by atoms with Crippen molar-refractivity contribution in [1.82, 2.24) is 5.16 Å². The molecular weight excluding hydrogens is 384 g/mol. The first-order valence-corrected chi connectivity index (χ1v) is 8.59. The Kier molecular flexibility index (Phi) is 5.19. The molecule has 1 atom stereocenters. The number of aromatic nitrogens is 1. The number of anilines is 1. The summed E-state index contributed by atoms with van der Waals surface area (Å²) in [6.07, 6.45) is -0.970. The van der Waals surface area contributed by atoms with Gasteiger partial charge in [-0.05, 0) is 19.9 Å². The Bertz CT molecular complexity index is 877. The Morgan fingerprint density at radius 2 is 1.84 bits per heavy atom. The summed E-state index contributed by atoms with van der Waals surface area (Å²) in [6, 6.07) is 17.1. The minimum Gasteiger partial charge on any atom is -0.441 e. The van der Waals surface area contributed by atoms with Crippen molar-refractivity contribution in [1.29, 1.82) is 0 Å². The summed E-state index contributed by atoms with van der Waals surface area (Å²) in [6.45, 7) is 3.56. The molecule has 6 heteroatoms. The maximum absolute atomic E-state index is 12.3. The number of carbonyl (C=O) groups excluding carboxylic acids is 1. The number of benzene rings is 2. The van der Waals surface area contributed by atoms with Crippen molar-refractivity contribution in [2.24, 2.45) is 0 Å². The molecule has 0 aliphatic carbocycles. The Morgan fingerprint density at radius 3 is 2.56 bits per heavy atom. The molecule has 5 nitrogen and oxygen atoms in total. The normalized spacial score (nSPS) is 11.8. The maximum atomic E-state index is 12.3. The number of aryl methyl sites for hydroxylation is 1. The molecule has 0 bridgehead atoms. The van der Waals surface area contributed by atoms with Gasteiger partial charge in [-0.25, -0.2) is 4.79 Å². The number of carbonyl (C=O) groups is 1. The standard InChI is InChI=1S/C19H17BrN2O3/c1-12(15-10-6-7-11-16(15)20)24-19(23)21-17-13(2)25-22-18(17)14-8-4-3-5-9-14/h3-12H,1-2H3,(H,21,23)/t12-/m1/s1. The van der Waals surface area contributed by atoms with Crippen LogP contribution in [0.5, 0.6) is 0 Å². The molecule has 0 aliphatic rings. The van der Waals surface area contributed by atoms with Crippen molar-refractivity contribution in [2.45, 2.75) is 20.0 Å². The third-order valence-electron chi connectivity index (χ3n) is 3.76. The van der Waals surface area contributed by atoms with Crippen LogP contribution in [-0.2, 0) is 4.74 Å². The summed E-state index contributed by atoms with van der Waals surface area (Å²) in [5.41, 5.74) is 2.83. The minimum absolute atomic E-state index is 0.407. The Balaban J connectivity index is 1.76. The summed E-state index contributed by atoms with van der Waals surface area (Å²) < 4.78 is 11.6.